The molecule has 0 radical (unpaired) electrons. The summed E-state index contributed by atoms with van der Waals surface area (Å²) in [6.45, 7) is 0.510. The van der Waals surface area contributed by atoms with Crippen LogP contribution in [0.3, 0.4) is 0 Å². The van der Waals surface area contributed by atoms with Crippen LogP contribution in [0.25, 0.3) is 16.9 Å². The zero-order chi connectivity index (χ0) is 12.5. The summed E-state index contributed by atoms with van der Waals surface area (Å²) in [6, 6.07) is 11.7. The van der Waals surface area contributed by atoms with Gasteiger partial charge in [-0.2, -0.15) is 0 Å². The van der Waals surface area contributed by atoms with Crippen LogP contribution in [0.1, 0.15) is 5.56 Å². The maximum absolute atomic E-state index is 5.90. The lowest BCUT2D eigenvalue weighted by molar-refractivity contribution is 1.05. The minimum atomic E-state index is 0.510. The first-order valence-corrected chi connectivity index (χ1v) is 6.08. The number of halogens is 1. The smallest absolute Gasteiger partial charge is 0.144 e. The molecule has 0 spiro atoms. The average Bonchev–Trinajstić information content (AvgIpc) is 2.83. The minimum absolute atomic E-state index is 0.510. The highest BCUT2D eigenvalue weighted by atomic mass is 35.5. The number of nitrogens with two attached hydrogens (primary N) is 1. The third kappa shape index (κ3) is 1.78. The van der Waals surface area contributed by atoms with Crippen LogP contribution in [0.15, 0.2) is 48.8 Å². The number of aromatic nitrogens is 2. The van der Waals surface area contributed by atoms with E-state index in [0.29, 0.717) is 6.54 Å². The van der Waals surface area contributed by atoms with Crippen molar-refractivity contribution in [3.8, 4) is 11.4 Å². The molecule has 0 atom stereocenters. The molecular weight excluding hydrogens is 246 g/mol. The van der Waals surface area contributed by atoms with E-state index in [1.165, 1.54) is 0 Å². The van der Waals surface area contributed by atoms with E-state index in [2.05, 4.69) is 4.98 Å². The van der Waals surface area contributed by atoms with Gasteiger partial charge in [-0.15, -0.1) is 0 Å². The highest BCUT2D eigenvalue weighted by Gasteiger charge is 2.08. The first-order chi connectivity index (χ1) is 8.79. The van der Waals surface area contributed by atoms with E-state index in [-0.39, 0.29) is 0 Å². The first-order valence-electron chi connectivity index (χ1n) is 5.70. The molecule has 0 saturated carbocycles. The molecule has 1 aromatic carbocycles. The van der Waals surface area contributed by atoms with Gasteiger partial charge >= 0.3 is 0 Å². The molecule has 3 nitrogen and oxygen atoms in total. The van der Waals surface area contributed by atoms with Crippen molar-refractivity contribution in [3.05, 3.63) is 59.4 Å². The van der Waals surface area contributed by atoms with E-state index < -0.39 is 0 Å². The molecular formula is C14H12ClN3. The van der Waals surface area contributed by atoms with E-state index >= 15 is 0 Å². The fourth-order valence-electron chi connectivity index (χ4n) is 2.07. The Morgan fingerprint density at radius 2 is 1.94 bits per heavy atom. The summed E-state index contributed by atoms with van der Waals surface area (Å²) in [4.78, 5) is 4.47. The Bertz CT molecular complexity index is 686. The second-order valence-corrected chi connectivity index (χ2v) is 4.52. The summed E-state index contributed by atoms with van der Waals surface area (Å²) >= 11 is 5.90. The van der Waals surface area contributed by atoms with Gasteiger partial charge in [0.25, 0.3) is 0 Å². The largest absolute Gasteiger partial charge is 0.326 e. The Balaban J connectivity index is 2.21. The van der Waals surface area contributed by atoms with E-state index in [1.54, 1.807) is 0 Å². The van der Waals surface area contributed by atoms with Crippen LogP contribution >= 0.6 is 11.6 Å². The Morgan fingerprint density at radius 3 is 2.67 bits per heavy atom. The van der Waals surface area contributed by atoms with Crippen LogP contribution in [0.5, 0.6) is 0 Å². The van der Waals surface area contributed by atoms with Crippen LogP contribution in [0.2, 0.25) is 5.02 Å². The topological polar surface area (TPSA) is 43.3 Å². The molecule has 0 aliphatic rings. The van der Waals surface area contributed by atoms with E-state index in [0.717, 1.165) is 27.5 Å². The average molecular weight is 258 g/mol. The van der Waals surface area contributed by atoms with Crippen LogP contribution in [0, 0.1) is 0 Å². The number of fused-ring (bicyclic) bond motifs is 1. The van der Waals surface area contributed by atoms with Crippen LogP contribution in [0.4, 0.5) is 0 Å². The molecule has 4 heteroatoms. The molecule has 0 aliphatic carbocycles. The Hall–Kier alpha value is -1.84. The normalized spacial score (nSPS) is 11.0. The molecule has 0 saturated heterocycles. The summed E-state index contributed by atoms with van der Waals surface area (Å²) in [5.41, 5.74) is 8.90. The zero-order valence-corrected chi connectivity index (χ0v) is 10.4. The number of hydrogen-bond acceptors (Lipinski definition) is 2. The Kier molecular flexibility index (Phi) is 2.78. The molecule has 90 valence electrons. The van der Waals surface area contributed by atoms with E-state index in [4.69, 9.17) is 17.3 Å². The van der Waals surface area contributed by atoms with Crippen LogP contribution < -0.4 is 5.73 Å². The molecule has 0 amide bonds. The predicted molar refractivity (Wildman–Crippen MR) is 73.5 cm³/mol. The summed E-state index contributed by atoms with van der Waals surface area (Å²) in [7, 11) is 0. The quantitative estimate of drug-likeness (QED) is 0.767. The van der Waals surface area contributed by atoms with Crippen LogP contribution in [-0.2, 0) is 6.54 Å². The molecule has 3 rings (SSSR count). The standard InChI is InChI=1S/C14H12ClN3/c15-12-5-3-10(4-6-12)14-17-9-13-11(8-16)2-1-7-18(13)14/h1-7,9H,8,16H2. The van der Waals surface area contributed by atoms with Crippen molar-refractivity contribution < 1.29 is 0 Å². The molecule has 2 heterocycles. The van der Waals surface area contributed by atoms with E-state index in [1.807, 2.05) is 53.2 Å². The summed E-state index contributed by atoms with van der Waals surface area (Å²) in [5, 5.41) is 0.724. The number of imidazole rings is 1. The number of pyridine rings is 1. The van der Waals surface area contributed by atoms with Gasteiger partial charge < -0.3 is 5.73 Å². The van der Waals surface area contributed by atoms with Gasteiger partial charge in [0.05, 0.1) is 11.7 Å². The van der Waals surface area contributed by atoms with Gasteiger partial charge in [0, 0.05) is 23.3 Å². The van der Waals surface area contributed by atoms with Crippen molar-refractivity contribution in [2.45, 2.75) is 6.54 Å². The van der Waals surface area contributed by atoms with Gasteiger partial charge in [-0.3, -0.25) is 4.40 Å². The van der Waals surface area contributed by atoms with Crippen molar-refractivity contribution >= 4 is 17.1 Å². The third-order valence-corrected chi connectivity index (χ3v) is 3.23. The van der Waals surface area contributed by atoms with Gasteiger partial charge in [0.1, 0.15) is 5.82 Å². The predicted octanol–water partition coefficient (Wildman–Crippen LogP) is 3.11. The number of nitrogens with zero attached hydrogens (tertiary/aromatic N) is 2. The maximum atomic E-state index is 5.90. The van der Waals surface area contributed by atoms with Gasteiger partial charge in [0.15, 0.2) is 0 Å². The van der Waals surface area contributed by atoms with Crippen molar-refractivity contribution in [2.24, 2.45) is 5.73 Å². The second kappa shape index (κ2) is 4.44. The van der Waals surface area contributed by atoms with Gasteiger partial charge in [-0.1, -0.05) is 17.7 Å². The second-order valence-electron chi connectivity index (χ2n) is 4.08. The lowest BCUT2D eigenvalue weighted by Gasteiger charge is -2.04. The Morgan fingerprint density at radius 1 is 1.17 bits per heavy atom. The third-order valence-electron chi connectivity index (χ3n) is 2.98. The molecule has 3 aromatic rings. The molecule has 0 aliphatic heterocycles. The van der Waals surface area contributed by atoms with E-state index in [9.17, 15) is 0 Å². The number of benzene rings is 1. The molecule has 18 heavy (non-hydrogen) atoms. The first kappa shape index (κ1) is 11.3. The van der Waals surface area contributed by atoms with Gasteiger partial charge in [-0.05, 0) is 35.9 Å². The SMILES string of the molecule is NCc1cccn2c(-c3ccc(Cl)cc3)ncc12. The monoisotopic (exact) mass is 257 g/mol. The van der Waals surface area contributed by atoms with Crippen molar-refractivity contribution in [1.82, 2.24) is 9.38 Å². The number of rotatable bonds is 2. The summed E-state index contributed by atoms with van der Waals surface area (Å²) in [5.74, 6) is 0.900. The zero-order valence-electron chi connectivity index (χ0n) is 9.68. The fourth-order valence-corrected chi connectivity index (χ4v) is 2.19. The van der Waals surface area contributed by atoms with Crippen molar-refractivity contribution in [3.63, 3.8) is 0 Å². The summed E-state index contributed by atoms with van der Waals surface area (Å²) in [6.07, 6.45) is 3.84. The lowest BCUT2D eigenvalue weighted by atomic mass is 10.2. The minimum Gasteiger partial charge on any atom is -0.326 e. The molecule has 0 fully saturated rings. The van der Waals surface area contributed by atoms with Gasteiger partial charge in [-0.25, -0.2) is 4.98 Å². The van der Waals surface area contributed by atoms with Crippen LogP contribution in [-0.4, -0.2) is 9.38 Å². The fraction of sp³-hybridized carbons (Fsp3) is 0.0714. The number of hydrogen-bond donors (Lipinski definition) is 1. The highest BCUT2D eigenvalue weighted by Crippen LogP contribution is 2.23. The Labute approximate surface area is 110 Å². The van der Waals surface area contributed by atoms with Crippen molar-refractivity contribution in [1.29, 1.82) is 0 Å². The molecule has 2 aromatic heterocycles. The lowest BCUT2D eigenvalue weighted by Crippen LogP contribution is -1.99. The molecule has 0 unspecified atom stereocenters. The highest BCUT2D eigenvalue weighted by molar-refractivity contribution is 6.30. The summed E-state index contributed by atoms with van der Waals surface area (Å²) < 4.78 is 2.05. The molecule has 0 bridgehead atoms. The van der Waals surface area contributed by atoms with Crippen molar-refractivity contribution in [2.75, 3.05) is 0 Å². The maximum Gasteiger partial charge on any atom is 0.144 e. The van der Waals surface area contributed by atoms with Gasteiger partial charge in [0.2, 0.25) is 0 Å². The molecule has 2 N–H and O–H groups in total.